The van der Waals surface area contributed by atoms with Crippen LogP contribution in [0.5, 0.6) is 5.75 Å². The maximum absolute atomic E-state index is 13.0. The quantitative estimate of drug-likeness (QED) is 0.568. The summed E-state index contributed by atoms with van der Waals surface area (Å²) in [5.74, 6) is -1.70. The molecule has 0 aliphatic carbocycles. The zero-order valence-electron chi connectivity index (χ0n) is 18.5. The maximum atomic E-state index is 13.0. The molecule has 0 amide bonds. The highest BCUT2D eigenvalue weighted by atomic mass is 35.5. The first-order chi connectivity index (χ1) is 15.2. The van der Waals surface area contributed by atoms with E-state index in [0.717, 1.165) is 12.5 Å². The molecule has 0 saturated heterocycles. The molecular formula is C24H27ClF3NO4. The minimum absolute atomic E-state index is 0.0262. The normalized spacial score (nSPS) is 16.5. The van der Waals surface area contributed by atoms with Gasteiger partial charge in [0.05, 0.1) is 12.2 Å². The third-order valence-corrected chi connectivity index (χ3v) is 5.18. The molecule has 2 aromatic carbocycles. The van der Waals surface area contributed by atoms with Crippen molar-refractivity contribution < 1.29 is 32.9 Å². The van der Waals surface area contributed by atoms with Gasteiger partial charge in [-0.15, -0.1) is 0 Å². The SMILES string of the molecule is CC(C)(C)c1cc2c(cc1Cl)C=C(C(=O)O)[C@@H](C(F)(F)F)O2.N[C@@H](CO)Cc1ccccc1. The summed E-state index contributed by atoms with van der Waals surface area (Å²) >= 11 is 6.14. The van der Waals surface area contributed by atoms with Gasteiger partial charge in [0.25, 0.3) is 0 Å². The average Bonchev–Trinajstić information content (AvgIpc) is 2.72. The molecule has 0 spiro atoms. The van der Waals surface area contributed by atoms with Crippen molar-refractivity contribution in [3.8, 4) is 5.75 Å². The van der Waals surface area contributed by atoms with Crippen LogP contribution in [0.2, 0.25) is 5.02 Å². The number of nitrogens with two attached hydrogens (primary N) is 1. The fourth-order valence-electron chi connectivity index (χ4n) is 3.19. The molecule has 2 atom stereocenters. The number of benzene rings is 2. The van der Waals surface area contributed by atoms with Crippen molar-refractivity contribution in [3.05, 3.63) is 69.8 Å². The number of hydrogen-bond acceptors (Lipinski definition) is 4. The molecule has 4 N–H and O–H groups in total. The Labute approximate surface area is 195 Å². The Morgan fingerprint density at radius 3 is 2.27 bits per heavy atom. The summed E-state index contributed by atoms with van der Waals surface area (Å²) in [5.41, 5.74) is 6.32. The van der Waals surface area contributed by atoms with Crippen LogP contribution in [0.3, 0.4) is 0 Å². The van der Waals surface area contributed by atoms with Gasteiger partial charge < -0.3 is 20.7 Å². The van der Waals surface area contributed by atoms with E-state index in [1.54, 1.807) is 0 Å². The molecule has 3 rings (SSSR count). The lowest BCUT2D eigenvalue weighted by Crippen LogP contribution is -2.40. The third kappa shape index (κ3) is 7.22. The molecule has 2 aromatic rings. The fraction of sp³-hybridized carbons (Fsp3) is 0.375. The van der Waals surface area contributed by atoms with E-state index in [9.17, 15) is 18.0 Å². The van der Waals surface area contributed by atoms with Crippen molar-refractivity contribution >= 4 is 23.6 Å². The Morgan fingerprint density at radius 1 is 1.18 bits per heavy atom. The van der Waals surface area contributed by atoms with Gasteiger partial charge in [-0.2, -0.15) is 13.2 Å². The van der Waals surface area contributed by atoms with Crippen LogP contribution >= 0.6 is 11.6 Å². The van der Waals surface area contributed by atoms with E-state index in [0.29, 0.717) is 10.6 Å². The van der Waals surface area contributed by atoms with Gasteiger partial charge in [-0.1, -0.05) is 62.7 Å². The Bertz CT molecular complexity index is 1000. The van der Waals surface area contributed by atoms with Crippen LogP contribution in [-0.4, -0.2) is 41.1 Å². The second kappa shape index (κ2) is 10.6. The summed E-state index contributed by atoms with van der Waals surface area (Å²) < 4.78 is 43.9. The average molecular weight is 486 g/mol. The first-order valence-electron chi connectivity index (χ1n) is 10.2. The van der Waals surface area contributed by atoms with Crippen molar-refractivity contribution in [3.63, 3.8) is 0 Å². The highest BCUT2D eigenvalue weighted by molar-refractivity contribution is 6.31. The van der Waals surface area contributed by atoms with Crippen LogP contribution < -0.4 is 10.5 Å². The number of hydrogen-bond donors (Lipinski definition) is 3. The zero-order chi connectivity index (χ0) is 25.0. The molecule has 1 heterocycles. The van der Waals surface area contributed by atoms with Gasteiger partial charge >= 0.3 is 12.1 Å². The Balaban J connectivity index is 0.000000294. The number of aliphatic carboxylic acids is 1. The first kappa shape index (κ1) is 26.7. The Morgan fingerprint density at radius 2 is 1.79 bits per heavy atom. The van der Waals surface area contributed by atoms with Crippen molar-refractivity contribution in [2.75, 3.05) is 6.61 Å². The number of carboxylic acid groups (broad SMARTS) is 1. The van der Waals surface area contributed by atoms with Gasteiger partial charge in [0.1, 0.15) is 5.75 Å². The van der Waals surface area contributed by atoms with E-state index < -0.39 is 23.8 Å². The van der Waals surface area contributed by atoms with Gasteiger partial charge in [0.15, 0.2) is 0 Å². The van der Waals surface area contributed by atoms with Crippen LogP contribution in [-0.2, 0) is 16.6 Å². The van der Waals surface area contributed by atoms with Crippen LogP contribution in [0.4, 0.5) is 13.2 Å². The van der Waals surface area contributed by atoms with E-state index in [1.165, 1.54) is 17.7 Å². The van der Waals surface area contributed by atoms with Gasteiger partial charge in [0, 0.05) is 16.6 Å². The molecule has 1 aliphatic heterocycles. The summed E-state index contributed by atoms with van der Waals surface area (Å²) in [6, 6.07) is 12.7. The van der Waals surface area contributed by atoms with Crippen molar-refractivity contribution in [2.24, 2.45) is 5.73 Å². The summed E-state index contributed by atoms with van der Waals surface area (Å²) in [6.45, 7) is 5.64. The highest BCUT2D eigenvalue weighted by Gasteiger charge is 2.48. The number of halogens is 4. The molecule has 0 bridgehead atoms. The summed E-state index contributed by atoms with van der Waals surface area (Å²) in [7, 11) is 0. The van der Waals surface area contributed by atoms with Crippen LogP contribution in [0, 0.1) is 0 Å². The highest BCUT2D eigenvalue weighted by Crippen LogP contribution is 2.41. The van der Waals surface area contributed by atoms with Crippen LogP contribution in [0.15, 0.2) is 48.0 Å². The molecule has 0 radical (unpaired) electrons. The lowest BCUT2D eigenvalue weighted by atomic mass is 9.85. The van der Waals surface area contributed by atoms with Crippen LogP contribution in [0.25, 0.3) is 6.08 Å². The van der Waals surface area contributed by atoms with Gasteiger partial charge in [-0.3, -0.25) is 0 Å². The molecule has 0 aromatic heterocycles. The number of ether oxygens (including phenoxy) is 1. The molecule has 0 unspecified atom stereocenters. The van der Waals surface area contributed by atoms with Crippen molar-refractivity contribution in [1.82, 2.24) is 0 Å². The molecular weight excluding hydrogens is 459 g/mol. The number of carboxylic acids is 1. The third-order valence-electron chi connectivity index (χ3n) is 4.87. The predicted molar refractivity (Wildman–Crippen MR) is 121 cm³/mol. The lowest BCUT2D eigenvalue weighted by molar-refractivity contribution is -0.187. The fourth-order valence-corrected chi connectivity index (χ4v) is 3.65. The summed E-state index contributed by atoms with van der Waals surface area (Å²) in [5, 5.41) is 18.0. The largest absolute Gasteiger partial charge is 0.478 e. The number of carbonyl (C=O) groups is 1. The Hall–Kier alpha value is -2.55. The van der Waals surface area contributed by atoms with E-state index in [2.05, 4.69) is 0 Å². The smallest absolute Gasteiger partial charge is 0.430 e. The summed E-state index contributed by atoms with van der Waals surface area (Å²) in [6.07, 6.45) is -5.61. The number of aliphatic hydroxyl groups excluding tert-OH is 1. The van der Waals surface area contributed by atoms with E-state index in [-0.39, 0.29) is 29.4 Å². The topological polar surface area (TPSA) is 92.8 Å². The lowest BCUT2D eigenvalue weighted by Gasteiger charge is -2.29. The van der Waals surface area contributed by atoms with Crippen molar-refractivity contribution in [1.29, 1.82) is 0 Å². The predicted octanol–water partition coefficient (Wildman–Crippen LogP) is 4.98. The van der Waals surface area contributed by atoms with Crippen molar-refractivity contribution in [2.45, 2.75) is 50.9 Å². The van der Waals surface area contributed by atoms with Gasteiger partial charge in [-0.05, 0) is 41.2 Å². The number of alkyl halides is 3. The molecule has 180 valence electrons. The monoisotopic (exact) mass is 485 g/mol. The minimum Gasteiger partial charge on any atom is -0.478 e. The standard InChI is InChI=1S/C15H14ClF3O3.C9H13NO/c1-14(2,3)9-6-11-7(5-10(9)16)4-8(13(20)21)12(22-11)15(17,18)19;10-9(7-11)6-8-4-2-1-3-5-8/h4-6,12H,1-3H3,(H,20,21);1-5,9,11H,6-7,10H2/t12-;9-/m01/s1. The van der Waals surface area contributed by atoms with Crippen LogP contribution in [0.1, 0.15) is 37.5 Å². The molecule has 0 saturated carbocycles. The first-order valence-corrected chi connectivity index (χ1v) is 10.5. The molecule has 0 fully saturated rings. The van der Waals surface area contributed by atoms with E-state index in [1.807, 2.05) is 51.1 Å². The minimum atomic E-state index is -4.82. The van der Waals surface area contributed by atoms with Gasteiger partial charge in [-0.25, -0.2) is 4.79 Å². The summed E-state index contributed by atoms with van der Waals surface area (Å²) in [4.78, 5) is 11.1. The maximum Gasteiger partial charge on any atom is 0.430 e. The molecule has 33 heavy (non-hydrogen) atoms. The van der Waals surface area contributed by atoms with E-state index >= 15 is 0 Å². The Kier molecular flexibility index (Phi) is 8.57. The van der Waals surface area contributed by atoms with Gasteiger partial charge in [0.2, 0.25) is 6.10 Å². The molecule has 1 aliphatic rings. The number of fused-ring (bicyclic) bond motifs is 1. The molecule has 9 heteroatoms. The second-order valence-electron chi connectivity index (χ2n) is 8.70. The van der Waals surface area contributed by atoms with E-state index in [4.69, 9.17) is 32.3 Å². The zero-order valence-corrected chi connectivity index (χ0v) is 19.2. The second-order valence-corrected chi connectivity index (χ2v) is 9.10. The number of aliphatic hydroxyl groups is 1. The number of rotatable bonds is 4. The molecule has 5 nitrogen and oxygen atoms in total.